The Balaban J connectivity index is 4.25. The third-order valence-electron chi connectivity index (χ3n) is 12.3. The van der Waals surface area contributed by atoms with Crippen molar-refractivity contribution in [3.63, 3.8) is 0 Å². The van der Waals surface area contributed by atoms with Crippen LogP contribution in [-0.2, 0) is 28.6 Å². The molecule has 0 aliphatic carbocycles. The molecule has 6 nitrogen and oxygen atoms in total. The van der Waals surface area contributed by atoms with Crippen molar-refractivity contribution >= 4 is 17.9 Å². The lowest BCUT2D eigenvalue weighted by molar-refractivity contribution is -0.167. The van der Waals surface area contributed by atoms with Gasteiger partial charge in [-0.15, -0.1) is 0 Å². The summed E-state index contributed by atoms with van der Waals surface area (Å²) in [5.74, 6) is -0.891. The smallest absolute Gasteiger partial charge is 0.306 e. The van der Waals surface area contributed by atoms with Crippen LogP contribution in [-0.4, -0.2) is 37.2 Å². The van der Waals surface area contributed by atoms with E-state index in [0.29, 0.717) is 19.3 Å². The molecule has 0 rings (SSSR count). The van der Waals surface area contributed by atoms with Crippen LogP contribution in [0.25, 0.3) is 0 Å². The zero-order valence-electron chi connectivity index (χ0n) is 43.7. The summed E-state index contributed by atoms with van der Waals surface area (Å²) < 4.78 is 16.8. The van der Waals surface area contributed by atoms with E-state index in [1.165, 1.54) is 148 Å². The number of hydrogen-bond acceptors (Lipinski definition) is 6. The molecule has 0 N–H and O–H groups in total. The predicted molar refractivity (Wildman–Crippen MR) is 284 cm³/mol. The topological polar surface area (TPSA) is 78.9 Å². The molecule has 0 aromatic rings. The molecular weight excluding hydrogens is 817 g/mol. The summed E-state index contributed by atoms with van der Waals surface area (Å²) in [7, 11) is 0. The molecular formula is C60H106O6. The fourth-order valence-corrected chi connectivity index (χ4v) is 8.02. The Hall–Kier alpha value is -2.89. The molecule has 0 aliphatic rings. The first-order valence-electron chi connectivity index (χ1n) is 28.3. The first-order valence-corrected chi connectivity index (χ1v) is 28.3. The van der Waals surface area contributed by atoms with E-state index in [1.807, 2.05) is 0 Å². The van der Waals surface area contributed by atoms with Crippen LogP contribution in [0.5, 0.6) is 0 Å². The minimum atomic E-state index is -0.780. The second kappa shape index (κ2) is 54.7. The maximum Gasteiger partial charge on any atom is 0.306 e. The van der Waals surface area contributed by atoms with Crippen LogP contribution in [0.1, 0.15) is 284 Å². The van der Waals surface area contributed by atoms with Gasteiger partial charge in [-0.25, -0.2) is 0 Å². The molecule has 0 saturated heterocycles. The number of ether oxygens (including phenoxy) is 3. The molecule has 0 aromatic carbocycles. The van der Waals surface area contributed by atoms with Crippen molar-refractivity contribution in [2.75, 3.05) is 13.2 Å². The summed E-state index contributed by atoms with van der Waals surface area (Å²) in [5.41, 5.74) is 0. The molecule has 0 fully saturated rings. The van der Waals surface area contributed by atoms with E-state index < -0.39 is 6.10 Å². The van der Waals surface area contributed by atoms with Crippen molar-refractivity contribution in [3.05, 3.63) is 60.8 Å². The first kappa shape index (κ1) is 63.1. The minimum absolute atomic E-state index is 0.0792. The highest BCUT2D eigenvalue weighted by atomic mass is 16.6. The summed E-state index contributed by atoms with van der Waals surface area (Å²) in [4.78, 5) is 38.0. The lowest BCUT2D eigenvalue weighted by Crippen LogP contribution is -2.30. The Labute approximate surface area is 409 Å². The van der Waals surface area contributed by atoms with Crippen LogP contribution in [0.2, 0.25) is 0 Å². The monoisotopic (exact) mass is 923 g/mol. The van der Waals surface area contributed by atoms with Crippen LogP contribution in [0.4, 0.5) is 0 Å². The highest BCUT2D eigenvalue weighted by Crippen LogP contribution is 2.15. The number of hydrogen-bond donors (Lipinski definition) is 0. The predicted octanol–water partition coefficient (Wildman–Crippen LogP) is 18.8. The molecule has 0 spiro atoms. The van der Waals surface area contributed by atoms with Crippen LogP contribution in [0.3, 0.4) is 0 Å². The lowest BCUT2D eigenvalue weighted by atomic mass is 10.1. The Morgan fingerprint density at radius 1 is 0.318 bits per heavy atom. The average Bonchev–Trinajstić information content (AvgIpc) is 3.31. The summed E-state index contributed by atoms with van der Waals surface area (Å²) in [6.07, 6.45) is 67.9. The number of esters is 3. The van der Waals surface area contributed by atoms with E-state index in [1.54, 1.807) is 0 Å². The van der Waals surface area contributed by atoms with Gasteiger partial charge < -0.3 is 14.2 Å². The summed E-state index contributed by atoms with van der Waals surface area (Å²) in [6.45, 7) is 6.50. The van der Waals surface area contributed by atoms with Crippen molar-refractivity contribution in [3.8, 4) is 0 Å². The fourth-order valence-electron chi connectivity index (χ4n) is 8.02. The largest absolute Gasteiger partial charge is 0.462 e. The van der Waals surface area contributed by atoms with Gasteiger partial charge in [0.2, 0.25) is 0 Å². The number of carbonyl (C=O) groups excluding carboxylic acids is 3. The van der Waals surface area contributed by atoms with E-state index in [0.717, 1.165) is 96.3 Å². The summed E-state index contributed by atoms with van der Waals surface area (Å²) in [6, 6.07) is 0. The summed E-state index contributed by atoms with van der Waals surface area (Å²) in [5, 5.41) is 0. The third-order valence-corrected chi connectivity index (χ3v) is 12.3. The second-order valence-electron chi connectivity index (χ2n) is 18.8. The molecule has 1 atom stereocenters. The molecule has 382 valence electrons. The number of unbranched alkanes of at least 4 members (excludes halogenated alkanes) is 30. The Morgan fingerprint density at radius 2 is 0.591 bits per heavy atom. The van der Waals surface area contributed by atoms with Gasteiger partial charge in [-0.2, -0.15) is 0 Å². The van der Waals surface area contributed by atoms with Gasteiger partial charge in [0.15, 0.2) is 6.10 Å². The highest BCUT2D eigenvalue weighted by Gasteiger charge is 2.19. The SMILES string of the molecule is CC/C=C\C/C=C\C/C=C\C/C=C\CCCCCCCCC(=O)OC(COC(=O)CCCCCCCCCC)COC(=O)CCCCCCCCCCC/C=C\CCCCCCCCCC. The molecule has 0 bridgehead atoms. The van der Waals surface area contributed by atoms with Crippen molar-refractivity contribution in [1.82, 2.24) is 0 Å². The zero-order valence-corrected chi connectivity index (χ0v) is 43.7. The van der Waals surface area contributed by atoms with E-state index in [2.05, 4.69) is 81.5 Å². The van der Waals surface area contributed by atoms with Gasteiger partial charge in [0.1, 0.15) is 13.2 Å². The first-order chi connectivity index (χ1) is 32.5. The second-order valence-corrected chi connectivity index (χ2v) is 18.8. The maximum absolute atomic E-state index is 12.8. The molecule has 0 amide bonds. The van der Waals surface area contributed by atoms with E-state index in [9.17, 15) is 14.4 Å². The van der Waals surface area contributed by atoms with Crippen molar-refractivity contribution < 1.29 is 28.6 Å². The van der Waals surface area contributed by atoms with Gasteiger partial charge in [0.25, 0.3) is 0 Å². The fraction of sp³-hybridized carbons (Fsp3) is 0.783. The molecule has 0 aromatic heterocycles. The van der Waals surface area contributed by atoms with Crippen molar-refractivity contribution in [1.29, 1.82) is 0 Å². The van der Waals surface area contributed by atoms with Gasteiger partial charge in [0.05, 0.1) is 0 Å². The van der Waals surface area contributed by atoms with Gasteiger partial charge in [0, 0.05) is 19.3 Å². The van der Waals surface area contributed by atoms with Crippen LogP contribution in [0.15, 0.2) is 60.8 Å². The quantitative estimate of drug-likeness (QED) is 0.0262. The molecule has 0 radical (unpaired) electrons. The van der Waals surface area contributed by atoms with Crippen LogP contribution in [0, 0.1) is 0 Å². The number of carbonyl (C=O) groups is 3. The molecule has 6 heteroatoms. The zero-order chi connectivity index (χ0) is 47.9. The van der Waals surface area contributed by atoms with Gasteiger partial charge in [-0.05, 0) is 83.5 Å². The van der Waals surface area contributed by atoms with Crippen molar-refractivity contribution in [2.45, 2.75) is 290 Å². The average molecular weight is 924 g/mol. The maximum atomic E-state index is 12.8. The molecule has 1 unspecified atom stereocenters. The Morgan fingerprint density at radius 3 is 0.939 bits per heavy atom. The van der Waals surface area contributed by atoms with Gasteiger partial charge in [-0.1, -0.05) is 242 Å². The Bertz CT molecular complexity index is 1200. The van der Waals surface area contributed by atoms with E-state index in [4.69, 9.17) is 14.2 Å². The van der Waals surface area contributed by atoms with Gasteiger partial charge >= 0.3 is 17.9 Å². The van der Waals surface area contributed by atoms with Crippen LogP contribution >= 0.6 is 0 Å². The molecule has 66 heavy (non-hydrogen) atoms. The molecule has 0 saturated carbocycles. The summed E-state index contributed by atoms with van der Waals surface area (Å²) >= 11 is 0. The minimum Gasteiger partial charge on any atom is -0.462 e. The highest BCUT2D eigenvalue weighted by molar-refractivity contribution is 5.71. The third kappa shape index (κ3) is 52.1. The number of allylic oxidation sites excluding steroid dienone is 10. The van der Waals surface area contributed by atoms with E-state index >= 15 is 0 Å². The van der Waals surface area contributed by atoms with Crippen LogP contribution < -0.4 is 0 Å². The standard InChI is InChI=1S/C60H106O6/c1-4-7-10-13-16-19-21-23-25-27-29-30-32-33-35-37-39-41-44-47-50-53-59(62)65-56-57(55-64-58(61)52-49-46-43-18-15-12-9-6-3)66-60(63)54-51-48-45-42-40-38-36-34-31-28-26-24-22-20-17-14-11-8-5-2/h8,11,17,20,24,26-27,29,31,34,57H,4-7,9-10,12-16,18-19,21-23,25,28,30,32-33,35-56H2,1-3H3/b11-8-,20-17-,26-24-,29-27-,34-31-. The van der Waals surface area contributed by atoms with E-state index in [-0.39, 0.29) is 31.1 Å². The molecule has 0 heterocycles. The van der Waals surface area contributed by atoms with Crippen molar-refractivity contribution in [2.24, 2.45) is 0 Å². The number of rotatable bonds is 51. The molecule has 0 aliphatic heterocycles. The van der Waals surface area contributed by atoms with Gasteiger partial charge in [-0.3, -0.25) is 14.4 Å². The normalized spacial score (nSPS) is 12.5. The Kier molecular flexibility index (Phi) is 52.3. The lowest BCUT2D eigenvalue weighted by Gasteiger charge is -2.18.